The van der Waals surface area contributed by atoms with E-state index in [9.17, 15) is 14.7 Å². The van der Waals surface area contributed by atoms with Gasteiger partial charge in [0, 0.05) is 31.1 Å². The molecule has 1 unspecified atom stereocenters. The maximum atomic E-state index is 11.7. The summed E-state index contributed by atoms with van der Waals surface area (Å²) in [4.78, 5) is 23.3. The Bertz CT molecular complexity index is 538. The Labute approximate surface area is 144 Å². The van der Waals surface area contributed by atoms with Crippen LogP contribution >= 0.6 is 0 Å². The lowest BCUT2D eigenvalue weighted by atomic mass is 9.35. The standard InChI is InChI=1S/C19H30O5/c1-9-7-12(22)16-17-15(9)19(16,6)14(24-11(3)21)8-13(18(17,4)5)23-10(2)20/h9,12-17,22H,7-8H2,1-6H3/t9-,12?,13+,14+,15+,16+,17-,19+/m0/s1. The minimum atomic E-state index is -0.395. The zero-order valence-electron chi connectivity index (χ0n) is 15.5. The molecular weight excluding hydrogens is 308 g/mol. The average molecular weight is 338 g/mol. The molecule has 0 aliphatic heterocycles. The summed E-state index contributed by atoms with van der Waals surface area (Å²) in [5.41, 5.74) is -0.509. The van der Waals surface area contributed by atoms with Gasteiger partial charge in [-0.3, -0.25) is 9.59 Å². The molecule has 0 aromatic rings. The van der Waals surface area contributed by atoms with Crippen LogP contribution < -0.4 is 0 Å². The van der Waals surface area contributed by atoms with Gasteiger partial charge in [0.15, 0.2) is 0 Å². The third-order valence-electron chi connectivity index (χ3n) is 7.28. The van der Waals surface area contributed by atoms with Gasteiger partial charge in [-0.1, -0.05) is 27.7 Å². The van der Waals surface area contributed by atoms with Crippen molar-refractivity contribution in [2.24, 2.45) is 34.5 Å². The molecule has 0 saturated heterocycles. The molecule has 0 aromatic carbocycles. The molecule has 0 aromatic heterocycles. The van der Waals surface area contributed by atoms with E-state index in [0.717, 1.165) is 6.42 Å². The van der Waals surface area contributed by atoms with E-state index in [1.54, 1.807) is 0 Å². The van der Waals surface area contributed by atoms with Crippen LogP contribution in [0.15, 0.2) is 0 Å². The summed E-state index contributed by atoms with van der Waals surface area (Å²) in [6, 6.07) is 0. The fraction of sp³-hybridized carbons (Fsp3) is 0.895. The Kier molecular flexibility index (Phi) is 4.02. The monoisotopic (exact) mass is 338 g/mol. The first kappa shape index (κ1) is 17.7. The molecule has 4 saturated carbocycles. The summed E-state index contributed by atoms with van der Waals surface area (Å²) in [5.74, 6) is 0.452. The van der Waals surface area contributed by atoms with Gasteiger partial charge in [-0.05, 0) is 30.1 Å². The van der Waals surface area contributed by atoms with Crippen LogP contribution in [-0.4, -0.2) is 35.4 Å². The molecule has 1 N–H and O–H groups in total. The van der Waals surface area contributed by atoms with E-state index in [2.05, 4.69) is 27.7 Å². The normalized spacial score (nSPS) is 48.7. The van der Waals surface area contributed by atoms with Crippen molar-refractivity contribution in [2.75, 3.05) is 0 Å². The number of carbonyl (C=O) groups is 2. The zero-order valence-corrected chi connectivity index (χ0v) is 15.5. The average Bonchev–Trinajstić information content (AvgIpc) is 2.50. The van der Waals surface area contributed by atoms with Crippen LogP contribution in [-0.2, 0) is 19.1 Å². The van der Waals surface area contributed by atoms with Crippen LogP contribution in [0.3, 0.4) is 0 Å². The second kappa shape index (κ2) is 5.45. The number of aliphatic hydroxyl groups excluding tert-OH is 1. The summed E-state index contributed by atoms with van der Waals surface area (Å²) >= 11 is 0. The quantitative estimate of drug-likeness (QED) is 0.783. The summed E-state index contributed by atoms with van der Waals surface area (Å²) in [5, 5.41) is 10.8. The van der Waals surface area contributed by atoms with E-state index in [-0.39, 0.29) is 46.8 Å². The Morgan fingerprint density at radius 2 is 1.46 bits per heavy atom. The van der Waals surface area contributed by atoms with Crippen molar-refractivity contribution in [1.82, 2.24) is 0 Å². The van der Waals surface area contributed by atoms with Gasteiger partial charge in [0.2, 0.25) is 0 Å². The van der Waals surface area contributed by atoms with Crippen molar-refractivity contribution in [3.8, 4) is 0 Å². The van der Waals surface area contributed by atoms with Crippen LogP contribution in [0.1, 0.15) is 54.4 Å². The van der Waals surface area contributed by atoms with Crippen molar-refractivity contribution in [1.29, 1.82) is 0 Å². The number of fused-ring (bicyclic) bond motifs is 3. The highest BCUT2D eigenvalue weighted by Gasteiger charge is 2.75. The van der Waals surface area contributed by atoms with Crippen molar-refractivity contribution in [3.05, 3.63) is 0 Å². The number of rotatable bonds is 2. The smallest absolute Gasteiger partial charge is 0.302 e. The Morgan fingerprint density at radius 3 is 1.96 bits per heavy atom. The molecule has 0 heterocycles. The molecule has 4 rings (SSSR count). The number of hydrogen-bond acceptors (Lipinski definition) is 5. The molecule has 5 heteroatoms. The molecular formula is C19H30O5. The minimum absolute atomic E-state index is 0.0820. The molecule has 4 aliphatic rings. The first-order chi connectivity index (χ1) is 11.0. The molecule has 5 nitrogen and oxygen atoms in total. The Hall–Kier alpha value is -1.10. The summed E-state index contributed by atoms with van der Waals surface area (Å²) in [6.07, 6.45) is 0.267. The fourth-order valence-corrected chi connectivity index (χ4v) is 6.49. The van der Waals surface area contributed by atoms with Gasteiger partial charge in [0.1, 0.15) is 12.2 Å². The first-order valence-electron chi connectivity index (χ1n) is 9.03. The molecule has 24 heavy (non-hydrogen) atoms. The largest absolute Gasteiger partial charge is 0.462 e. The Balaban J connectivity index is 2.07. The van der Waals surface area contributed by atoms with Crippen molar-refractivity contribution < 1.29 is 24.2 Å². The number of carbonyl (C=O) groups excluding carboxylic acids is 2. The van der Waals surface area contributed by atoms with Crippen LogP contribution in [0.5, 0.6) is 0 Å². The maximum absolute atomic E-state index is 11.7. The molecule has 4 fully saturated rings. The fourth-order valence-electron chi connectivity index (χ4n) is 6.49. The lowest BCUT2D eigenvalue weighted by Gasteiger charge is -2.70. The van der Waals surface area contributed by atoms with E-state index in [4.69, 9.17) is 9.47 Å². The van der Waals surface area contributed by atoms with E-state index >= 15 is 0 Å². The van der Waals surface area contributed by atoms with Gasteiger partial charge in [-0.15, -0.1) is 0 Å². The van der Waals surface area contributed by atoms with Crippen LogP contribution in [0.25, 0.3) is 0 Å². The zero-order chi connectivity index (χ0) is 18.0. The van der Waals surface area contributed by atoms with Crippen LogP contribution in [0, 0.1) is 34.5 Å². The highest BCUT2D eigenvalue weighted by Crippen LogP contribution is 2.74. The summed E-state index contributed by atoms with van der Waals surface area (Å²) in [7, 11) is 0. The van der Waals surface area contributed by atoms with Crippen molar-refractivity contribution >= 4 is 11.9 Å². The molecule has 0 radical (unpaired) electrons. The summed E-state index contributed by atoms with van der Waals surface area (Å²) < 4.78 is 11.4. The number of aliphatic hydroxyl groups is 1. The first-order valence-corrected chi connectivity index (χ1v) is 9.03. The van der Waals surface area contributed by atoms with E-state index in [0.29, 0.717) is 18.3 Å². The van der Waals surface area contributed by atoms with Gasteiger partial charge < -0.3 is 14.6 Å². The molecule has 0 spiro atoms. The third-order valence-corrected chi connectivity index (χ3v) is 7.28. The molecule has 4 aliphatic carbocycles. The third kappa shape index (κ3) is 2.23. The predicted octanol–water partition coefficient (Wildman–Crippen LogP) is 2.55. The lowest BCUT2D eigenvalue weighted by Crippen LogP contribution is -2.71. The van der Waals surface area contributed by atoms with Crippen LogP contribution in [0.2, 0.25) is 0 Å². The second-order valence-corrected chi connectivity index (χ2v) is 8.98. The summed E-state index contributed by atoms with van der Waals surface area (Å²) in [6.45, 7) is 11.4. The SMILES string of the molecule is CC(=O)O[C@@H]1C[C@@H](OC(C)=O)[C@]2(C)[C@H]3[C@@H]([C@H]2C(O)C[C@@H]3C)C1(C)C. The number of esters is 2. The molecule has 8 atom stereocenters. The molecule has 0 amide bonds. The van der Waals surface area contributed by atoms with Gasteiger partial charge >= 0.3 is 11.9 Å². The van der Waals surface area contributed by atoms with Crippen molar-refractivity contribution in [3.63, 3.8) is 0 Å². The van der Waals surface area contributed by atoms with E-state index in [1.807, 2.05) is 0 Å². The lowest BCUT2D eigenvalue weighted by molar-refractivity contribution is -0.282. The highest BCUT2D eigenvalue weighted by atomic mass is 16.6. The highest BCUT2D eigenvalue weighted by molar-refractivity contribution is 5.67. The van der Waals surface area contributed by atoms with Gasteiger partial charge in [-0.25, -0.2) is 0 Å². The minimum Gasteiger partial charge on any atom is -0.462 e. The van der Waals surface area contributed by atoms with E-state index < -0.39 is 6.10 Å². The van der Waals surface area contributed by atoms with Gasteiger partial charge in [0.25, 0.3) is 0 Å². The van der Waals surface area contributed by atoms with Crippen LogP contribution in [0.4, 0.5) is 0 Å². The van der Waals surface area contributed by atoms with E-state index in [1.165, 1.54) is 13.8 Å². The van der Waals surface area contributed by atoms with Crippen molar-refractivity contribution in [2.45, 2.75) is 72.7 Å². The topological polar surface area (TPSA) is 72.8 Å². The molecule has 136 valence electrons. The maximum Gasteiger partial charge on any atom is 0.302 e. The number of ether oxygens (including phenoxy) is 2. The van der Waals surface area contributed by atoms with Gasteiger partial charge in [0.05, 0.1) is 6.10 Å². The van der Waals surface area contributed by atoms with Gasteiger partial charge in [-0.2, -0.15) is 0 Å². The Morgan fingerprint density at radius 1 is 0.917 bits per heavy atom. The second-order valence-electron chi connectivity index (χ2n) is 8.98. The molecule has 4 bridgehead atoms. The number of hydrogen-bond donors (Lipinski definition) is 1. The predicted molar refractivity (Wildman–Crippen MR) is 87.9 cm³/mol.